The normalized spacial score (nSPS) is 17.2. The molecule has 1 saturated carbocycles. The second-order valence-corrected chi connectivity index (χ2v) is 5.19. The van der Waals surface area contributed by atoms with E-state index in [1.807, 2.05) is 0 Å². The molecule has 1 aliphatic rings. The Labute approximate surface area is 118 Å². The third-order valence-electron chi connectivity index (χ3n) is 4.03. The number of ether oxygens (including phenoxy) is 1. The van der Waals surface area contributed by atoms with E-state index < -0.39 is 10.8 Å². The van der Waals surface area contributed by atoms with Gasteiger partial charge in [0.25, 0.3) is 5.69 Å². The number of methoxy groups -OCH3 is 1. The maximum Gasteiger partial charge on any atom is 0.274 e. The molecular weight excluding hydrogens is 256 g/mol. The highest BCUT2D eigenvalue weighted by molar-refractivity contribution is 5.49. The Balaban J connectivity index is 2.41. The molecule has 0 aliphatic heterocycles. The highest BCUT2D eigenvalue weighted by atomic mass is 16.6. The Morgan fingerprint density at radius 1 is 1.40 bits per heavy atom. The van der Waals surface area contributed by atoms with Crippen LogP contribution in [-0.4, -0.2) is 12.0 Å². The van der Waals surface area contributed by atoms with Crippen LogP contribution in [0.25, 0.3) is 0 Å². The van der Waals surface area contributed by atoms with Crippen molar-refractivity contribution in [2.45, 2.75) is 38.0 Å². The first-order valence-corrected chi connectivity index (χ1v) is 6.89. The summed E-state index contributed by atoms with van der Waals surface area (Å²) in [5.74, 6) is 0.340. The summed E-state index contributed by atoms with van der Waals surface area (Å²) in [6, 6.07) is 6.91. The minimum absolute atomic E-state index is 0.0166. The molecule has 0 amide bonds. The number of nitro benzene ring substituents is 1. The van der Waals surface area contributed by atoms with Crippen molar-refractivity contribution in [1.29, 1.82) is 5.26 Å². The first-order chi connectivity index (χ1) is 9.67. The topological polar surface area (TPSA) is 76.2 Å². The largest absolute Gasteiger partial charge is 0.497 e. The average Bonchev–Trinajstić information content (AvgIpc) is 2.48. The van der Waals surface area contributed by atoms with Crippen molar-refractivity contribution >= 4 is 5.69 Å². The summed E-state index contributed by atoms with van der Waals surface area (Å²) in [5.41, 5.74) is 0.506. The summed E-state index contributed by atoms with van der Waals surface area (Å²) in [5, 5.41) is 20.7. The van der Waals surface area contributed by atoms with E-state index in [1.165, 1.54) is 19.6 Å². The average molecular weight is 274 g/mol. The molecule has 0 saturated heterocycles. The van der Waals surface area contributed by atoms with Crippen molar-refractivity contribution in [2.75, 3.05) is 7.11 Å². The minimum atomic E-state index is -0.425. The van der Waals surface area contributed by atoms with Gasteiger partial charge in [-0.3, -0.25) is 10.1 Å². The monoisotopic (exact) mass is 274 g/mol. The van der Waals surface area contributed by atoms with Crippen LogP contribution in [-0.2, 0) is 0 Å². The van der Waals surface area contributed by atoms with Gasteiger partial charge in [-0.05, 0) is 30.9 Å². The van der Waals surface area contributed by atoms with Crippen molar-refractivity contribution < 1.29 is 9.66 Å². The summed E-state index contributed by atoms with van der Waals surface area (Å²) in [7, 11) is 1.52. The molecule has 106 valence electrons. The standard InChI is InChI=1S/C15H18N2O3/c1-20-12-7-8-15(17(18)19)13(9-12)14(10-16)11-5-3-2-4-6-11/h7-9,11,14H,2-6H2,1H3. The van der Waals surface area contributed by atoms with Gasteiger partial charge in [0.05, 0.1) is 29.6 Å². The van der Waals surface area contributed by atoms with Crippen molar-refractivity contribution in [1.82, 2.24) is 0 Å². The number of hydrogen-bond donors (Lipinski definition) is 0. The fraction of sp³-hybridized carbons (Fsp3) is 0.533. The second-order valence-electron chi connectivity index (χ2n) is 5.19. The zero-order valence-corrected chi connectivity index (χ0v) is 11.5. The SMILES string of the molecule is COc1ccc([N+](=O)[O-])c(C(C#N)C2CCCCC2)c1. The van der Waals surface area contributed by atoms with Gasteiger partial charge in [0.15, 0.2) is 0 Å². The number of nitro groups is 1. The molecule has 1 aliphatic carbocycles. The Morgan fingerprint density at radius 3 is 2.65 bits per heavy atom. The molecule has 1 aromatic rings. The zero-order valence-electron chi connectivity index (χ0n) is 11.5. The third-order valence-corrected chi connectivity index (χ3v) is 4.03. The van der Waals surface area contributed by atoms with Crippen LogP contribution in [0, 0.1) is 27.4 Å². The van der Waals surface area contributed by atoms with Crippen molar-refractivity contribution in [2.24, 2.45) is 5.92 Å². The molecule has 0 bridgehead atoms. The van der Waals surface area contributed by atoms with E-state index in [2.05, 4.69) is 6.07 Å². The molecular formula is C15H18N2O3. The van der Waals surface area contributed by atoms with E-state index in [9.17, 15) is 15.4 Å². The lowest BCUT2D eigenvalue weighted by Gasteiger charge is -2.26. The van der Waals surface area contributed by atoms with Crippen LogP contribution in [0.5, 0.6) is 5.75 Å². The van der Waals surface area contributed by atoms with Gasteiger partial charge in [-0.1, -0.05) is 19.3 Å². The molecule has 1 unspecified atom stereocenters. The Morgan fingerprint density at radius 2 is 2.10 bits per heavy atom. The van der Waals surface area contributed by atoms with Crippen LogP contribution in [0.1, 0.15) is 43.6 Å². The number of nitrogens with zero attached hydrogens (tertiary/aromatic N) is 2. The second kappa shape index (κ2) is 6.38. The molecule has 1 aromatic carbocycles. The lowest BCUT2D eigenvalue weighted by Crippen LogP contribution is -2.16. The highest BCUT2D eigenvalue weighted by Gasteiger charge is 2.30. The molecule has 5 nitrogen and oxygen atoms in total. The van der Waals surface area contributed by atoms with Crippen molar-refractivity contribution in [3.05, 3.63) is 33.9 Å². The van der Waals surface area contributed by atoms with Gasteiger partial charge in [-0.15, -0.1) is 0 Å². The predicted octanol–water partition coefficient (Wildman–Crippen LogP) is 3.79. The number of benzene rings is 1. The third kappa shape index (κ3) is 2.90. The molecule has 0 radical (unpaired) electrons. The van der Waals surface area contributed by atoms with Gasteiger partial charge >= 0.3 is 0 Å². The van der Waals surface area contributed by atoms with Gasteiger partial charge < -0.3 is 4.74 Å². The minimum Gasteiger partial charge on any atom is -0.497 e. The van der Waals surface area contributed by atoms with Crippen LogP contribution >= 0.6 is 0 Å². The fourth-order valence-corrected chi connectivity index (χ4v) is 2.97. The van der Waals surface area contributed by atoms with Crippen LogP contribution in [0.2, 0.25) is 0 Å². The smallest absolute Gasteiger partial charge is 0.274 e. The molecule has 5 heteroatoms. The summed E-state index contributed by atoms with van der Waals surface area (Å²) >= 11 is 0. The Bertz CT molecular complexity index is 530. The van der Waals surface area contributed by atoms with Gasteiger partial charge in [0.1, 0.15) is 5.75 Å². The predicted molar refractivity (Wildman–Crippen MR) is 74.6 cm³/mol. The molecule has 1 fully saturated rings. The molecule has 0 aromatic heterocycles. The summed E-state index contributed by atoms with van der Waals surface area (Å²) in [6.07, 6.45) is 5.31. The number of rotatable bonds is 4. The van der Waals surface area contributed by atoms with E-state index in [1.54, 1.807) is 12.1 Å². The molecule has 0 N–H and O–H groups in total. The van der Waals surface area contributed by atoms with E-state index in [0.717, 1.165) is 25.7 Å². The van der Waals surface area contributed by atoms with Crippen molar-refractivity contribution in [3.8, 4) is 11.8 Å². The van der Waals surface area contributed by atoms with Gasteiger partial charge in [0.2, 0.25) is 0 Å². The van der Waals surface area contributed by atoms with E-state index in [-0.39, 0.29) is 11.6 Å². The van der Waals surface area contributed by atoms with Gasteiger partial charge in [-0.2, -0.15) is 5.26 Å². The van der Waals surface area contributed by atoms with Crippen LogP contribution in [0.15, 0.2) is 18.2 Å². The van der Waals surface area contributed by atoms with Crippen molar-refractivity contribution in [3.63, 3.8) is 0 Å². The van der Waals surface area contributed by atoms with E-state index in [4.69, 9.17) is 4.74 Å². The van der Waals surface area contributed by atoms with Crippen LogP contribution in [0.4, 0.5) is 5.69 Å². The van der Waals surface area contributed by atoms with Gasteiger partial charge in [0, 0.05) is 6.07 Å². The molecule has 0 spiro atoms. The fourth-order valence-electron chi connectivity index (χ4n) is 2.97. The molecule has 20 heavy (non-hydrogen) atoms. The molecule has 0 heterocycles. The lowest BCUT2D eigenvalue weighted by atomic mass is 9.77. The van der Waals surface area contributed by atoms with E-state index in [0.29, 0.717) is 11.3 Å². The van der Waals surface area contributed by atoms with Crippen LogP contribution < -0.4 is 4.74 Å². The maximum atomic E-state index is 11.2. The summed E-state index contributed by atoms with van der Waals surface area (Å²) < 4.78 is 5.14. The molecule has 2 rings (SSSR count). The zero-order chi connectivity index (χ0) is 14.5. The Kier molecular flexibility index (Phi) is 4.57. The Hall–Kier alpha value is -2.09. The number of hydrogen-bond acceptors (Lipinski definition) is 4. The number of nitriles is 1. The quantitative estimate of drug-likeness (QED) is 0.618. The summed E-state index contributed by atoms with van der Waals surface area (Å²) in [4.78, 5) is 10.8. The first-order valence-electron chi connectivity index (χ1n) is 6.89. The highest BCUT2D eigenvalue weighted by Crippen LogP contribution is 2.40. The maximum absolute atomic E-state index is 11.2. The molecule has 1 atom stereocenters. The first kappa shape index (κ1) is 14.3. The van der Waals surface area contributed by atoms with E-state index >= 15 is 0 Å². The van der Waals surface area contributed by atoms with Crippen LogP contribution in [0.3, 0.4) is 0 Å². The summed E-state index contributed by atoms with van der Waals surface area (Å²) in [6.45, 7) is 0. The van der Waals surface area contributed by atoms with Gasteiger partial charge in [-0.25, -0.2) is 0 Å². The lowest BCUT2D eigenvalue weighted by molar-refractivity contribution is -0.385.